The Morgan fingerprint density at radius 3 is 2.83 bits per heavy atom. The van der Waals surface area contributed by atoms with Crippen molar-refractivity contribution in [2.75, 3.05) is 13.4 Å². The molecule has 1 atom stereocenters. The molecule has 5 nitrogen and oxygen atoms in total. The van der Waals surface area contributed by atoms with Crippen molar-refractivity contribution in [2.45, 2.75) is 19.9 Å². The molecule has 0 saturated heterocycles. The molecule has 120 valence electrons. The Bertz CT molecular complexity index is 714. The van der Waals surface area contributed by atoms with Gasteiger partial charge in [-0.3, -0.25) is 4.79 Å². The fraction of sp³-hybridized carbons (Fsp3) is 0.278. The number of hydrogen-bond donors (Lipinski definition) is 1. The summed E-state index contributed by atoms with van der Waals surface area (Å²) in [7, 11) is 0. The lowest BCUT2D eigenvalue weighted by molar-refractivity contribution is -0.123. The summed E-state index contributed by atoms with van der Waals surface area (Å²) in [4.78, 5) is 12.1. The molecular weight excluding hydrogens is 294 g/mol. The number of ether oxygens (including phenoxy) is 3. The van der Waals surface area contributed by atoms with E-state index in [9.17, 15) is 4.79 Å². The Balaban J connectivity index is 1.56. The molecule has 1 heterocycles. The molecule has 0 radical (unpaired) electrons. The minimum atomic E-state index is -0.168. The van der Waals surface area contributed by atoms with Crippen LogP contribution in [0.4, 0.5) is 0 Å². The number of hydrogen-bond acceptors (Lipinski definition) is 4. The van der Waals surface area contributed by atoms with Crippen molar-refractivity contribution >= 4 is 5.91 Å². The number of fused-ring (bicyclic) bond motifs is 1. The lowest BCUT2D eigenvalue weighted by Crippen LogP contribution is -2.31. The number of nitrogens with one attached hydrogen (secondary N) is 1. The molecule has 0 bridgehead atoms. The highest BCUT2D eigenvalue weighted by Gasteiger charge is 2.17. The van der Waals surface area contributed by atoms with Gasteiger partial charge in [-0.05, 0) is 43.2 Å². The second kappa shape index (κ2) is 6.60. The molecule has 2 aromatic rings. The van der Waals surface area contributed by atoms with E-state index in [1.165, 1.54) is 0 Å². The van der Waals surface area contributed by atoms with Gasteiger partial charge in [0.1, 0.15) is 5.75 Å². The molecular formula is C18H19NO4. The maximum absolute atomic E-state index is 12.1. The lowest BCUT2D eigenvalue weighted by Gasteiger charge is -2.15. The van der Waals surface area contributed by atoms with E-state index in [0.29, 0.717) is 5.75 Å². The number of amides is 1. The van der Waals surface area contributed by atoms with E-state index in [0.717, 1.165) is 22.6 Å². The molecule has 1 N–H and O–H groups in total. The summed E-state index contributed by atoms with van der Waals surface area (Å²) in [6.07, 6.45) is 0. The SMILES string of the molecule is Cc1ccccc1OCC(=O)NC(C)c1ccc2c(c1)OCO2. The summed E-state index contributed by atoms with van der Waals surface area (Å²) >= 11 is 0. The first-order valence-corrected chi connectivity index (χ1v) is 7.51. The number of para-hydroxylation sites is 1. The molecule has 2 aromatic carbocycles. The monoisotopic (exact) mass is 313 g/mol. The lowest BCUT2D eigenvalue weighted by atomic mass is 10.1. The van der Waals surface area contributed by atoms with Crippen molar-refractivity contribution in [2.24, 2.45) is 0 Å². The topological polar surface area (TPSA) is 56.8 Å². The first-order valence-electron chi connectivity index (χ1n) is 7.51. The quantitative estimate of drug-likeness (QED) is 0.922. The summed E-state index contributed by atoms with van der Waals surface area (Å²) in [5, 5.41) is 2.92. The second-order valence-corrected chi connectivity index (χ2v) is 5.46. The van der Waals surface area contributed by atoms with Crippen LogP contribution in [-0.4, -0.2) is 19.3 Å². The molecule has 1 aliphatic heterocycles. The van der Waals surface area contributed by atoms with E-state index in [1.807, 2.05) is 56.3 Å². The molecule has 5 heteroatoms. The van der Waals surface area contributed by atoms with Crippen LogP contribution in [0.3, 0.4) is 0 Å². The average Bonchev–Trinajstić information content (AvgIpc) is 3.01. The number of aryl methyl sites for hydroxylation is 1. The van der Waals surface area contributed by atoms with Crippen LogP contribution in [0.5, 0.6) is 17.2 Å². The standard InChI is InChI=1S/C18H19NO4/c1-12-5-3-4-6-15(12)21-10-18(20)19-13(2)14-7-8-16-17(9-14)23-11-22-16/h3-9,13H,10-11H2,1-2H3,(H,19,20). The maximum Gasteiger partial charge on any atom is 0.258 e. The fourth-order valence-electron chi connectivity index (χ4n) is 2.41. The van der Waals surface area contributed by atoms with Crippen molar-refractivity contribution in [1.29, 1.82) is 0 Å². The molecule has 3 rings (SSSR count). The van der Waals surface area contributed by atoms with E-state index in [2.05, 4.69) is 5.32 Å². The summed E-state index contributed by atoms with van der Waals surface area (Å²) in [5.41, 5.74) is 1.96. The largest absolute Gasteiger partial charge is 0.484 e. The zero-order valence-electron chi connectivity index (χ0n) is 13.2. The fourth-order valence-corrected chi connectivity index (χ4v) is 2.41. The third-order valence-electron chi connectivity index (χ3n) is 3.73. The van der Waals surface area contributed by atoms with E-state index < -0.39 is 0 Å². The van der Waals surface area contributed by atoms with Crippen LogP contribution in [0.15, 0.2) is 42.5 Å². The molecule has 0 fully saturated rings. The molecule has 0 saturated carbocycles. The summed E-state index contributed by atoms with van der Waals surface area (Å²) < 4.78 is 16.2. The Hall–Kier alpha value is -2.69. The molecule has 1 aliphatic rings. The Kier molecular flexibility index (Phi) is 4.37. The van der Waals surface area contributed by atoms with E-state index >= 15 is 0 Å². The van der Waals surface area contributed by atoms with Crippen LogP contribution in [0.1, 0.15) is 24.1 Å². The number of rotatable bonds is 5. The maximum atomic E-state index is 12.1. The van der Waals surface area contributed by atoms with Gasteiger partial charge >= 0.3 is 0 Å². The van der Waals surface area contributed by atoms with Crippen molar-refractivity contribution in [1.82, 2.24) is 5.32 Å². The smallest absolute Gasteiger partial charge is 0.258 e. The third kappa shape index (κ3) is 3.56. The van der Waals surface area contributed by atoms with Crippen molar-refractivity contribution in [3.8, 4) is 17.2 Å². The van der Waals surface area contributed by atoms with Crippen LogP contribution in [0.25, 0.3) is 0 Å². The highest BCUT2D eigenvalue weighted by Crippen LogP contribution is 2.34. The van der Waals surface area contributed by atoms with Crippen LogP contribution in [0, 0.1) is 6.92 Å². The van der Waals surface area contributed by atoms with Crippen LogP contribution < -0.4 is 19.5 Å². The number of benzene rings is 2. The van der Waals surface area contributed by atoms with E-state index in [1.54, 1.807) is 0 Å². The van der Waals surface area contributed by atoms with Gasteiger partial charge in [0.15, 0.2) is 18.1 Å². The summed E-state index contributed by atoms with van der Waals surface area (Å²) in [6.45, 7) is 4.09. The zero-order valence-corrected chi connectivity index (χ0v) is 13.2. The summed E-state index contributed by atoms with van der Waals surface area (Å²) in [6, 6.07) is 13.1. The van der Waals surface area contributed by atoms with Gasteiger partial charge in [0.05, 0.1) is 6.04 Å². The second-order valence-electron chi connectivity index (χ2n) is 5.46. The first kappa shape index (κ1) is 15.2. The molecule has 1 unspecified atom stereocenters. The van der Waals surface area contributed by atoms with Gasteiger partial charge in [0.2, 0.25) is 6.79 Å². The highest BCUT2D eigenvalue weighted by atomic mass is 16.7. The average molecular weight is 313 g/mol. The van der Waals surface area contributed by atoms with Crippen LogP contribution in [-0.2, 0) is 4.79 Å². The van der Waals surface area contributed by atoms with Crippen LogP contribution >= 0.6 is 0 Å². The predicted molar refractivity (Wildman–Crippen MR) is 85.8 cm³/mol. The minimum Gasteiger partial charge on any atom is -0.484 e. The molecule has 1 amide bonds. The van der Waals surface area contributed by atoms with E-state index in [-0.39, 0.29) is 25.3 Å². The first-order chi connectivity index (χ1) is 11.1. The predicted octanol–water partition coefficient (Wildman–Crippen LogP) is 2.98. The van der Waals surface area contributed by atoms with Gasteiger partial charge in [0.25, 0.3) is 5.91 Å². The highest BCUT2D eigenvalue weighted by molar-refractivity contribution is 5.78. The third-order valence-corrected chi connectivity index (χ3v) is 3.73. The Morgan fingerprint density at radius 1 is 1.22 bits per heavy atom. The van der Waals surface area contributed by atoms with Gasteiger partial charge in [0, 0.05) is 0 Å². The Morgan fingerprint density at radius 2 is 2.00 bits per heavy atom. The number of carbonyl (C=O) groups is 1. The van der Waals surface area contributed by atoms with Gasteiger partial charge in [-0.1, -0.05) is 24.3 Å². The molecule has 0 aromatic heterocycles. The van der Waals surface area contributed by atoms with Crippen molar-refractivity contribution in [3.63, 3.8) is 0 Å². The number of carbonyl (C=O) groups excluding carboxylic acids is 1. The van der Waals surface area contributed by atoms with Crippen molar-refractivity contribution < 1.29 is 19.0 Å². The van der Waals surface area contributed by atoms with Gasteiger partial charge < -0.3 is 19.5 Å². The van der Waals surface area contributed by atoms with Gasteiger partial charge in [-0.15, -0.1) is 0 Å². The normalized spacial score (nSPS) is 13.5. The minimum absolute atomic E-state index is 0.0141. The molecule has 0 aliphatic carbocycles. The zero-order chi connectivity index (χ0) is 16.2. The van der Waals surface area contributed by atoms with Gasteiger partial charge in [-0.25, -0.2) is 0 Å². The molecule has 0 spiro atoms. The van der Waals surface area contributed by atoms with E-state index in [4.69, 9.17) is 14.2 Å². The summed E-state index contributed by atoms with van der Waals surface area (Å²) in [5.74, 6) is 1.99. The van der Waals surface area contributed by atoms with Crippen LogP contribution in [0.2, 0.25) is 0 Å². The Labute approximate surface area is 135 Å². The molecule has 23 heavy (non-hydrogen) atoms. The van der Waals surface area contributed by atoms with Gasteiger partial charge in [-0.2, -0.15) is 0 Å². The van der Waals surface area contributed by atoms with Crippen molar-refractivity contribution in [3.05, 3.63) is 53.6 Å².